The molecule has 0 bridgehead atoms. The first-order chi connectivity index (χ1) is 7.83. The van der Waals surface area contributed by atoms with Crippen LogP contribution in [0.15, 0.2) is 0 Å². The summed E-state index contributed by atoms with van der Waals surface area (Å²) in [6, 6.07) is 0. The van der Waals surface area contributed by atoms with Crippen LogP contribution in [-0.4, -0.2) is 63.8 Å². The highest BCUT2D eigenvalue weighted by Gasteiger charge is 2.09. The second kappa shape index (κ2) is 13.4. The zero-order chi connectivity index (χ0) is 11.6. The van der Waals surface area contributed by atoms with E-state index in [9.17, 15) is 4.79 Å². The smallest absolute Gasteiger partial charge is 0.221 e. The fourth-order valence-electron chi connectivity index (χ4n) is 1.68. The van der Waals surface area contributed by atoms with E-state index in [1.807, 2.05) is 7.05 Å². The molecule has 0 aliphatic carbocycles. The predicted molar refractivity (Wildman–Crippen MR) is 77.9 cm³/mol. The molecule has 0 aromatic heterocycles. The molecule has 1 heterocycles. The highest BCUT2D eigenvalue weighted by molar-refractivity contribution is 5.85. The van der Waals surface area contributed by atoms with Gasteiger partial charge >= 0.3 is 0 Å². The normalized spacial score (nSPS) is 15.4. The zero-order valence-electron chi connectivity index (χ0n) is 10.9. The molecule has 1 aliphatic heterocycles. The molecule has 0 aromatic rings. The molecule has 1 saturated heterocycles. The molecule has 0 unspecified atom stereocenters. The molecule has 7 heteroatoms. The third-order valence-corrected chi connectivity index (χ3v) is 2.68. The fourth-order valence-corrected chi connectivity index (χ4v) is 1.68. The van der Waals surface area contributed by atoms with Crippen LogP contribution in [-0.2, 0) is 9.53 Å². The molecule has 110 valence electrons. The van der Waals surface area contributed by atoms with Crippen LogP contribution < -0.4 is 10.6 Å². The van der Waals surface area contributed by atoms with Crippen LogP contribution >= 0.6 is 24.8 Å². The van der Waals surface area contributed by atoms with E-state index in [0.717, 1.165) is 52.4 Å². The Bertz CT molecular complexity index is 203. The number of nitrogens with one attached hydrogen (secondary N) is 2. The van der Waals surface area contributed by atoms with Crippen LogP contribution in [0.4, 0.5) is 0 Å². The van der Waals surface area contributed by atoms with Crippen molar-refractivity contribution in [2.24, 2.45) is 0 Å². The molecule has 18 heavy (non-hydrogen) atoms. The van der Waals surface area contributed by atoms with Gasteiger partial charge in [0.05, 0.1) is 13.2 Å². The monoisotopic (exact) mass is 301 g/mol. The molecule has 0 atom stereocenters. The zero-order valence-corrected chi connectivity index (χ0v) is 12.6. The van der Waals surface area contributed by atoms with Gasteiger partial charge in [0.25, 0.3) is 0 Å². The number of morpholine rings is 1. The van der Waals surface area contributed by atoms with Gasteiger partial charge in [-0.1, -0.05) is 0 Å². The molecule has 0 saturated carbocycles. The average molecular weight is 302 g/mol. The number of amides is 1. The van der Waals surface area contributed by atoms with Gasteiger partial charge in [-0.3, -0.25) is 9.69 Å². The molecule has 1 rings (SSSR count). The van der Waals surface area contributed by atoms with E-state index in [4.69, 9.17) is 4.74 Å². The lowest BCUT2D eigenvalue weighted by atomic mass is 10.3. The summed E-state index contributed by atoms with van der Waals surface area (Å²) in [5.41, 5.74) is 0. The number of rotatable bonds is 7. The number of hydrogen-bond donors (Lipinski definition) is 2. The lowest BCUT2D eigenvalue weighted by molar-refractivity contribution is -0.121. The third kappa shape index (κ3) is 9.91. The van der Waals surface area contributed by atoms with Gasteiger partial charge in [0, 0.05) is 32.6 Å². The van der Waals surface area contributed by atoms with E-state index in [2.05, 4.69) is 15.5 Å². The summed E-state index contributed by atoms with van der Waals surface area (Å²) < 4.78 is 5.27. The summed E-state index contributed by atoms with van der Waals surface area (Å²) in [5, 5.41) is 5.88. The molecular weight excluding hydrogens is 277 g/mol. The minimum atomic E-state index is 0. The molecular formula is C11H25Cl2N3O2. The van der Waals surface area contributed by atoms with Crippen molar-refractivity contribution in [3.05, 3.63) is 0 Å². The van der Waals surface area contributed by atoms with Gasteiger partial charge in [0.2, 0.25) is 5.91 Å². The van der Waals surface area contributed by atoms with Gasteiger partial charge in [0.1, 0.15) is 0 Å². The van der Waals surface area contributed by atoms with Crippen molar-refractivity contribution in [2.75, 3.05) is 53.0 Å². The van der Waals surface area contributed by atoms with Crippen LogP contribution in [0.3, 0.4) is 0 Å². The maximum atomic E-state index is 11.3. The van der Waals surface area contributed by atoms with E-state index in [-0.39, 0.29) is 30.7 Å². The highest BCUT2D eigenvalue weighted by Crippen LogP contribution is 1.97. The summed E-state index contributed by atoms with van der Waals surface area (Å²) in [6.45, 7) is 6.30. The lowest BCUT2D eigenvalue weighted by Gasteiger charge is -2.26. The topological polar surface area (TPSA) is 53.6 Å². The van der Waals surface area contributed by atoms with Crippen LogP contribution in [0.2, 0.25) is 0 Å². The maximum Gasteiger partial charge on any atom is 0.221 e. The van der Waals surface area contributed by atoms with Crippen molar-refractivity contribution in [2.45, 2.75) is 12.8 Å². The van der Waals surface area contributed by atoms with Crippen LogP contribution in [0.25, 0.3) is 0 Å². The van der Waals surface area contributed by atoms with Gasteiger partial charge in [-0.2, -0.15) is 0 Å². The Morgan fingerprint density at radius 3 is 2.50 bits per heavy atom. The van der Waals surface area contributed by atoms with E-state index in [1.165, 1.54) is 0 Å². The lowest BCUT2D eigenvalue weighted by Crippen LogP contribution is -2.38. The van der Waals surface area contributed by atoms with Crippen molar-refractivity contribution in [3.8, 4) is 0 Å². The standard InChI is InChI=1S/C11H23N3O2.2ClH/c1-12-5-3-11(15)13-4-2-6-14-7-9-16-10-8-14;;/h12H,2-10H2,1H3,(H,13,15);2*1H. The van der Waals surface area contributed by atoms with Gasteiger partial charge in [-0.05, 0) is 20.0 Å². The average Bonchev–Trinajstić information content (AvgIpc) is 2.33. The predicted octanol–water partition coefficient (Wildman–Crippen LogP) is 0.278. The van der Waals surface area contributed by atoms with E-state index < -0.39 is 0 Å². The quantitative estimate of drug-likeness (QED) is 0.663. The number of hydrogen-bond acceptors (Lipinski definition) is 4. The molecule has 2 N–H and O–H groups in total. The van der Waals surface area contributed by atoms with Gasteiger partial charge < -0.3 is 15.4 Å². The number of carbonyl (C=O) groups is 1. The van der Waals surface area contributed by atoms with Crippen molar-refractivity contribution in [3.63, 3.8) is 0 Å². The van der Waals surface area contributed by atoms with Crippen molar-refractivity contribution in [1.29, 1.82) is 0 Å². The minimum Gasteiger partial charge on any atom is -0.379 e. The summed E-state index contributed by atoms with van der Waals surface area (Å²) >= 11 is 0. The Balaban J connectivity index is 0. The Morgan fingerprint density at radius 2 is 1.89 bits per heavy atom. The number of nitrogens with zero attached hydrogens (tertiary/aromatic N) is 1. The number of ether oxygens (including phenoxy) is 1. The van der Waals surface area contributed by atoms with Gasteiger partial charge in [-0.15, -0.1) is 24.8 Å². The number of halogens is 2. The molecule has 1 fully saturated rings. The molecule has 0 radical (unpaired) electrons. The molecule has 1 aliphatic rings. The molecule has 0 aromatic carbocycles. The minimum absolute atomic E-state index is 0. The maximum absolute atomic E-state index is 11.3. The SMILES string of the molecule is CNCCC(=O)NCCCN1CCOCC1.Cl.Cl. The van der Waals surface area contributed by atoms with Gasteiger partial charge in [0.15, 0.2) is 0 Å². The first kappa shape index (κ1) is 20.3. The van der Waals surface area contributed by atoms with Crippen LogP contribution in [0.5, 0.6) is 0 Å². The Hall–Kier alpha value is -0.0700. The van der Waals surface area contributed by atoms with E-state index >= 15 is 0 Å². The van der Waals surface area contributed by atoms with E-state index in [1.54, 1.807) is 0 Å². The van der Waals surface area contributed by atoms with Gasteiger partial charge in [-0.25, -0.2) is 0 Å². The van der Waals surface area contributed by atoms with Crippen molar-refractivity contribution in [1.82, 2.24) is 15.5 Å². The summed E-state index contributed by atoms with van der Waals surface area (Å²) in [7, 11) is 1.85. The fraction of sp³-hybridized carbons (Fsp3) is 0.909. The third-order valence-electron chi connectivity index (χ3n) is 2.68. The Kier molecular flexibility index (Phi) is 15.0. The second-order valence-corrected chi connectivity index (χ2v) is 4.01. The van der Waals surface area contributed by atoms with Crippen molar-refractivity contribution < 1.29 is 9.53 Å². The van der Waals surface area contributed by atoms with Crippen LogP contribution in [0.1, 0.15) is 12.8 Å². The van der Waals surface area contributed by atoms with E-state index in [0.29, 0.717) is 6.42 Å². The summed E-state index contributed by atoms with van der Waals surface area (Å²) in [5.74, 6) is 0.135. The summed E-state index contributed by atoms with van der Waals surface area (Å²) in [6.07, 6.45) is 1.58. The first-order valence-corrected chi connectivity index (χ1v) is 6.04. The first-order valence-electron chi connectivity index (χ1n) is 6.04. The highest BCUT2D eigenvalue weighted by atomic mass is 35.5. The second-order valence-electron chi connectivity index (χ2n) is 4.01. The number of carbonyl (C=O) groups excluding carboxylic acids is 1. The largest absolute Gasteiger partial charge is 0.379 e. The van der Waals surface area contributed by atoms with Crippen LogP contribution in [0, 0.1) is 0 Å². The molecule has 1 amide bonds. The molecule has 0 spiro atoms. The Labute approximate surface area is 122 Å². The van der Waals surface area contributed by atoms with Crippen molar-refractivity contribution >= 4 is 30.7 Å². The Morgan fingerprint density at radius 1 is 1.22 bits per heavy atom. The summed E-state index contributed by atoms with van der Waals surface area (Å²) in [4.78, 5) is 13.6. The molecule has 5 nitrogen and oxygen atoms in total.